The van der Waals surface area contributed by atoms with Gasteiger partial charge in [-0.1, -0.05) is 12.1 Å². The van der Waals surface area contributed by atoms with Crippen LogP contribution in [-0.2, 0) is 25.9 Å². The van der Waals surface area contributed by atoms with Crippen molar-refractivity contribution in [1.82, 2.24) is 0 Å². The van der Waals surface area contributed by atoms with Gasteiger partial charge in [0.2, 0.25) is 0 Å². The molecule has 0 aliphatic rings. The first-order valence-electron chi connectivity index (χ1n) is 3.31. The number of aliphatic hydroxyl groups is 1. The molecule has 0 aliphatic carbocycles. The summed E-state index contributed by atoms with van der Waals surface area (Å²) in [6.07, 6.45) is -1.52. The summed E-state index contributed by atoms with van der Waals surface area (Å²) in [5.74, 6) is -1.27. The summed E-state index contributed by atoms with van der Waals surface area (Å²) in [6, 6.07) is 5.35. The van der Waals surface area contributed by atoms with Crippen LogP contribution < -0.4 is 0 Å². The van der Waals surface area contributed by atoms with E-state index in [4.69, 9.17) is 15.3 Å². The van der Waals surface area contributed by atoms with Gasteiger partial charge in [0, 0.05) is 21.1 Å². The number of carbonyl (C=O) groups is 1. The van der Waals surface area contributed by atoms with Crippen LogP contribution in [0.2, 0.25) is 0 Å². The Hall–Kier alpha value is -0.862. The molecule has 1 aromatic carbocycles. The minimum absolute atomic E-state index is 0. The second-order valence-electron chi connectivity index (χ2n) is 2.33. The van der Waals surface area contributed by atoms with Gasteiger partial charge in [0.1, 0.15) is 5.75 Å². The second-order valence-corrected chi connectivity index (χ2v) is 2.33. The molecule has 0 bridgehead atoms. The quantitative estimate of drug-likeness (QED) is 0.725. The van der Waals surface area contributed by atoms with Crippen LogP contribution in [0.15, 0.2) is 24.3 Å². The minimum Gasteiger partial charge on any atom is -0.508 e. The predicted molar refractivity (Wildman–Crippen MR) is 40.7 cm³/mol. The maximum absolute atomic E-state index is 10.3. The molecule has 70 valence electrons. The van der Waals surface area contributed by atoms with Crippen molar-refractivity contribution in [2.75, 3.05) is 0 Å². The van der Waals surface area contributed by atoms with Crippen molar-refractivity contribution in [3.8, 4) is 5.75 Å². The van der Waals surface area contributed by atoms with Crippen LogP contribution in [0.3, 0.4) is 0 Å². The molecule has 1 atom stereocenters. The van der Waals surface area contributed by atoms with Crippen molar-refractivity contribution in [3.63, 3.8) is 0 Å². The van der Waals surface area contributed by atoms with Crippen molar-refractivity contribution in [1.29, 1.82) is 0 Å². The molecule has 0 saturated carbocycles. The van der Waals surface area contributed by atoms with E-state index in [0.717, 1.165) is 0 Å². The van der Waals surface area contributed by atoms with E-state index < -0.39 is 12.1 Å². The molecule has 1 unspecified atom stereocenters. The van der Waals surface area contributed by atoms with Gasteiger partial charge in [0.25, 0.3) is 0 Å². The predicted octanol–water partition coefficient (Wildman–Crippen LogP) is 0.508. The van der Waals surface area contributed by atoms with E-state index in [0.29, 0.717) is 0 Å². The molecule has 0 heterocycles. The fourth-order valence-corrected chi connectivity index (χ4v) is 0.799. The van der Waals surface area contributed by atoms with Gasteiger partial charge in [-0.05, 0) is 17.7 Å². The van der Waals surface area contributed by atoms with Gasteiger partial charge in [-0.25, -0.2) is 4.79 Å². The third-order valence-electron chi connectivity index (χ3n) is 1.44. The van der Waals surface area contributed by atoms with Gasteiger partial charge in [0.05, 0.1) is 0 Å². The maximum Gasteiger partial charge on any atom is 0.337 e. The van der Waals surface area contributed by atoms with E-state index in [9.17, 15) is 4.79 Å². The molecular formula is C8H8O4W. The average Bonchev–Trinajstić information content (AvgIpc) is 2.04. The van der Waals surface area contributed by atoms with Crippen LogP contribution >= 0.6 is 0 Å². The van der Waals surface area contributed by atoms with Gasteiger partial charge in [-0.3, -0.25) is 0 Å². The number of aliphatic carboxylic acids is 1. The normalized spacial score (nSPS) is 11.5. The van der Waals surface area contributed by atoms with Gasteiger partial charge in [-0.15, -0.1) is 0 Å². The molecule has 0 aromatic heterocycles. The van der Waals surface area contributed by atoms with Gasteiger partial charge < -0.3 is 15.3 Å². The Morgan fingerprint density at radius 2 is 1.69 bits per heavy atom. The van der Waals surface area contributed by atoms with E-state index in [1.54, 1.807) is 0 Å². The van der Waals surface area contributed by atoms with E-state index in [1.807, 2.05) is 0 Å². The fraction of sp³-hybridized carbons (Fsp3) is 0.125. The zero-order valence-corrected chi connectivity index (χ0v) is 9.48. The van der Waals surface area contributed by atoms with Crippen molar-refractivity contribution in [2.45, 2.75) is 6.10 Å². The van der Waals surface area contributed by atoms with Crippen LogP contribution in [0.25, 0.3) is 0 Å². The largest absolute Gasteiger partial charge is 0.508 e. The molecule has 0 amide bonds. The summed E-state index contributed by atoms with van der Waals surface area (Å²) in [5.41, 5.74) is 0.250. The SMILES string of the molecule is O=C(O)C(O)c1ccc(O)cc1.[W]. The summed E-state index contributed by atoms with van der Waals surface area (Å²) in [7, 11) is 0. The van der Waals surface area contributed by atoms with E-state index >= 15 is 0 Å². The maximum atomic E-state index is 10.3. The Kier molecular flexibility index (Phi) is 4.66. The number of phenols is 1. The molecule has 1 rings (SSSR count). The zero-order valence-electron chi connectivity index (χ0n) is 6.54. The monoisotopic (exact) mass is 352 g/mol. The number of hydrogen-bond donors (Lipinski definition) is 3. The first-order chi connectivity index (χ1) is 5.61. The molecule has 0 spiro atoms. The Labute approximate surface area is 89.1 Å². The van der Waals surface area contributed by atoms with Crippen LogP contribution in [0, 0.1) is 0 Å². The van der Waals surface area contributed by atoms with E-state index in [2.05, 4.69) is 0 Å². The third-order valence-corrected chi connectivity index (χ3v) is 1.44. The van der Waals surface area contributed by atoms with Crippen molar-refractivity contribution in [2.24, 2.45) is 0 Å². The molecule has 3 N–H and O–H groups in total. The van der Waals surface area contributed by atoms with E-state index in [1.165, 1.54) is 24.3 Å². The molecule has 0 saturated heterocycles. The summed E-state index contributed by atoms with van der Waals surface area (Å²) >= 11 is 0. The number of hydrogen-bond acceptors (Lipinski definition) is 3. The Balaban J connectivity index is 0.00000144. The topological polar surface area (TPSA) is 77.8 Å². The first kappa shape index (κ1) is 12.1. The van der Waals surface area contributed by atoms with Crippen LogP contribution in [-0.4, -0.2) is 21.3 Å². The number of benzene rings is 1. The van der Waals surface area contributed by atoms with Crippen molar-refractivity contribution >= 4 is 5.97 Å². The number of aromatic hydroxyl groups is 1. The Bertz CT molecular complexity index is 283. The molecule has 4 nitrogen and oxygen atoms in total. The fourth-order valence-electron chi connectivity index (χ4n) is 0.799. The summed E-state index contributed by atoms with van der Waals surface area (Å²) < 4.78 is 0. The van der Waals surface area contributed by atoms with Gasteiger partial charge in [0.15, 0.2) is 6.10 Å². The second kappa shape index (κ2) is 5.00. The molecule has 0 fully saturated rings. The van der Waals surface area contributed by atoms with Crippen LogP contribution in [0.5, 0.6) is 5.75 Å². The summed E-state index contributed by atoms with van der Waals surface area (Å²) in [4.78, 5) is 10.3. The molecule has 0 radical (unpaired) electrons. The summed E-state index contributed by atoms with van der Waals surface area (Å²) in [6.45, 7) is 0. The standard InChI is InChI=1S/C8H8O4.W/c9-6-3-1-5(2-4-6)7(10)8(11)12;/h1-4,7,9-10H,(H,11,12);. The molecule has 1 aromatic rings. The zero-order chi connectivity index (χ0) is 9.14. The number of rotatable bonds is 2. The molecule has 5 heteroatoms. The number of phenolic OH excluding ortho intramolecular Hbond substituents is 1. The Morgan fingerprint density at radius 1 is 1.23 bits per heavy atom. The number of aliphatic hydroxyl groups excluding tert-OH is 1. The molecule has 0 aliphatic heterocycles. The van der Waals surface area contributed by atoms with Crippen LogP contribution in [0.4, 0.5) is 0 Å². The summed E-state index contributed by atoms with van der Waals surface area (Å²) in [5, 5.41) is 26.2. The molecule has 13 heavy (non-hydrogen) atoms. The smallest absolute Gasteiger partial charge is 0.337 e. The van der Waals surface area contributed by atoms with Crippen LogP contribution in [0.1, 0.15) is 11.7 Å². The minimum atomic E-state index is -1.52. The van der Waals surface area contributed by atoms with Crippen molar-refractivity contribution in [3.05, 3.63) is 29.8 Å². The van der Waals surface area contributed by atoms with Gasteiger partial charge in [-0.2, -0.15) is 0 Å². The number of carboxylic acids is 1. The Morgan fingerprint density at radius 3 is 2.08 bits per heavy atom. The third kappa shape index (κ3) is 3.17. The average molecular weight is 352 g/mol. The van der Waals surface area contributed by atoms with E-state index in [-0.39, 0.29) is 32.4 Å². The number of carboxylic acid groups (broad SMARTS) is 1. The first-order valence-corrected chi connectivity index (χ1v) is 3.31. The molecular weight excluding hydrogens is 344 g/mol. The van der Waals surface area contributed by atoms with Gasteiger partial charge >= 0.3 is 5.97 Å². The van der Waals surface area contributed by atoms with Crippen molar-refractivity contribution < 1.29 is 41.2 Å².